The molecule has 0 unspecified atom stereocenters. The molecule has 2 aromatic heterocycles. The van der Waals surface area contributed by atoms with Gasteiger partial charge in [0, 0.05) is 51.4 Å². The maximum Gasteiger partial charge on any atom is 0.257 e. The summed E-state index contributed by atoms with van der Waals surface area (Å²) < 4.78 is 9.89. The summed E-state index contributed by atoms with van der Waals surface area (Å²) in [6, 6.07) is 0. The van der Waals surface area contributed by atoms with Gasteiger partial charge in [-0.2, -0.15) is 4.37 Å². The molecule has 0 aromatic carbocycles. The molecule has 9 heteroatoms. The Hall–Kier alpha value is -2.26. The lowest BCUT2D eigenvalue weighted by Crippen LogP contribution is -2.47. The van der Waals surface area contributed by atoms with E-state index in [1.807, 2.05) is 16.7 Å². The highest BCUT2D eigenvalue weighted by molar-refractivity contribution is 7.13. The highest BCUT2D eigenvalue weighted by Crippen LogP contribution is 2.37. The fourth-order valence-corrected chi connectivity index (χ4v) is 5.76. The molecule has 0 spiro atoms. The molecule has 3 aliphatic heterocycles. The number of ether oxygens (including phenoxy) is 1. The Morgan fingerprint density at radius 3 is 2.45 bits per heavy atom. The number of amides is 2. The Labute approximate surface area is 186 Å². The largest absolute Gasteiger partial charge is 0.378 e. The monoisotopic (exact) mass is 443 g/mol. The lowest BCUT2D eigenvalue weighted by molar-refractivity contribution is -0.140. The number of likely N-dealkylation sites (tertiary alicyclic amines) is 1. The summed E-state index contributed by atoms with van der Waals surface area (Å²) in [6.45, 7) is 7.78. The molecule has 2 aromatic rings. The number of fused-ring (bicyclic) bond motifs is 1. The van der Waals surface area contributed by atoms with Crippen molar-refractivity contribution in [3.05, 3.63) is 17.5 Å². The van der Waals surface area contributed by atoms with Crippen LogP contribution >= 0.6 is 11.5 Å². The number of carbonyl (C=O) groups is 2. The molecule has 166 valence electrons. The summed E-state index contributed by atoms with van der Waals surface area (Å²) in [5, 5.41) is 0.994. The molecule has 31 heavy (non-hydrogen) atoms. The van der Waals surface area contributed by atoms with E-state index >= 15 is 0 Å². The molecule has 3 saturated heterocycles. The second-order valence-corrected chi connectivity index (χ2v) is 9.42. The maximum absolute atomic E-state index is 13.3. The van der Waals surface area contributed by atoms with Gasteiger partial charge < -0.3 is 19.4 Å². The van der Waals surface area contributed by atoms with Crippen LogP contribution in [0.15, 0.2) is 6.20 Å². The number of morpholine rings is 1. The summed E-state index contributed by atoms with van der Waals surface area (Å²) in [4.78, 5) is 37.9. The van der Waals surface area contributed by atoms with Crippen LogP contribution in [-0.2, 0) is 9.53 Å². The molecule has 0 saturated carbocycles. The van der Waals surface area contributed by atoms with Crippen LogP contribution in [0.25, 0.3) is 10.2 Å². The molecule has 3 aliphatic rings. The van der Waals surface area contributed by atoms with E-state index in [9.17, 15) is 9.59 Å². The van der Waals surface area contributed by atoms with Crippen molar-refractivity contribution in [1.29, 1.82) is 0 Å². The van der Waals surface area contributed by atoms with Crippen molar-refractivity contribution in [3.63, 3.8) is 0 Å². The number of pyridine rings is 1. The molecule has 0 bridgehead atoms. The van der Waals surface area contributed by atoms with E-state index in [1.165, 1.54) is 11.5 Å². The fourth-order valence-electron chi connectivity index (χ4n) is 5.01. The van der Waals surface area contributed by atoms with Gasteiger partial charge in [-0.05, 0) is 44.1 Å². The van der Waals surface area contributed by atoms with Gasteiger partial charge in [0.15, 0.2) is 0 Å². The van der Waals surface area contributed by atoms with Gasteiger partial charge in [-0.1, -0.05) is 0 Å². The van der Waals surface area contributed by atoms with Crippen molar-refractivity contribution < 1.29 is 14.3 Å². The van der Waals surface area contributed by atoms with E-state index in [-0.39, 0.29) is 17.7 Å². The number of hydrogen-bond donors (Lipinski definition) is 0. The van der Waals surface area contributed by atoms with Crippen molar-refractivity contribution in [2.24, 2.45) is 5.92 Å². The van der Waals surface area contributed by atoms with Gasteiger partial charge >= 0.3 is 0 Å². The van der Waals surface area contributed by atoms with Gasteiger partial charge in [-0.15, -0.1) is 0 Å². The molecule has 3 fully saturated rings. The highest BCUT2D eigenvalue weighted by Gasteiger charge is 2.33. The Kier molecular flexibility index (Phi) is 5.79. The van der Waals surface area contributed by atoms with Crippen LogP contribution in [0, 0.1) is 12.8 Å². The topological polar surface area (TPSA) is 78.9 Å². The van der Waals surface area contributed by atoms with Gasteiger partial charge in [-0.3, -0.25) is 9.59 Å². The third kappa shape index (κ3) is 3.89. The van der Waals surface area contributed by atoms with Crippen molar-refractivity contribution in [1.82, 2.24) is 19.2 Å². The Bertz CT molecular complexity index is 973. The quantitative estimate of drug-likeness (QED) is 0.724. The van der Waals surface area contributed by atoms with E-state index in [4.69, 9.17) is 4.74 Å². The van der Waals surface area contributed by atoms with Crippen LogP contribution in [0.3, 0.4) is 0 Å². The zero-order valence-corrected chi connectivity index (χ0v) is 18.8. The number of aryl methyl sites for hydroxylation is 1. The van der Waals surface area contributed by atoms with E-state index in [0.717, 1.165) is 73.5 Å². The number of piperidine rings is 1. The third-order valence-electron chi connectivity index (χ3n) is 6.75. The van der Waals surface area contributed by atoms with Gasteiger partial charge in [-0.25, -0.2) is 4.98 Å². The molecule has 8 nitrogen and oxygen atoms in total. The zero-order valence-electron chi connectivity index (χ0n) is 18.0. The second-order valence-electron chi connectivity index (χ2n) is 8.67. The standard InChI is InChI=1S/C22H29N5O3S/c1-15-18-19(17(14-23-20(18)31-24-15)22(29)26-6-2-3-7-26)25-8-4-16(5-9-25)21(28)27-10-12-30-13-11-27/h14,16H,2-13H2,1H3. The number of carbonyl (C=O) groups excluding carboxylic acids is 2. The maximum atomic E-state index is 13.3. The molecule has 2 amide bonds. The first-order valence-corrected chi connectivity index (χ1v) is 12.1. The highest BCUT2D eigenvalue weighted by atomic mass is 32.1. The van der Waals surface area contributed by atoms with Crippen LogP contribution in [0.5, 0.6) is 0 Å². The first kappa shape index (κ1) is 20.6. The Morgan fingerprint density at radius 1 is 1.03 bits per heavy atom. The van der Waals surface area contributed by atoms with Gasteiger partial charge in [0.2, 0.25) is 5.91 Å². The molecular formula is C22H29N5O3S. The van der Waals surface area contributed by atoms with Crippen LogP contribution in [0.1, 0.15) is 41.7 Å². The predicted octanol–water partition coefficient (Wildman–Crippen LogP) is 2.31. The number of hydrogen-bond acceptors (Lipinski definition) is 7. The molecule has 0 N–H and O–H groups in total. The smallest absolute Gasteiger partial charge is 0.257 e. The zero-order chi connectivity index (χ0) is 21.4. The number of aromatic nitrogens is 2. The summed E-state index contributed by atoms with van der Waals surface area (Å²) in [5.74, 6) is 0.370. The van der Waals surface area contributed by atoms with Crippen molar-refractivity contribution >= 4 is 39.3 Å². The minimum atomic E-state index is 0.0473. The average Bonchev–Trinajstić information content (AvgIpc) is 3.49. The van der Waals surface area contributed by atoms with E-state index in [2.05, 4.69) is 14.3 Å². The van der Waals surface area contributed by atoms with Crippen molar-refractivity contribution in [2.45, 2.75) is 32.6 Å². The first-order valence-electron chi connectivity index (χ1n) is 11.3. The number of nitrogens with zero attached hydrogens (tertiary/aromatic N) is 5. The van der Waals surface area contributed by atoms with Gasteiger partial charge in [0.05, 0.1) is 35.5 Å². The SMILES string of the molecule is Cc1nsc2ncc(C(=O)N3CCCC3)c(N3CCC(C(=O)N4CCOCC4)CC3)c12. The van der Waals surface area contributed by atoms with E-state index in [0.29, 0.717) is 31.9 Å². The van der Waals surface area contributed by atoms with Crippen LogP contribution in [0.4, 0.5) is 5.69 Å². The molecule has 5 rings (SSSR count). The van der Waals surface area contributed by atoms with E-state index in [1.54, 1.807) is 6.20 Å². The molecular weight excluding hydrogens is 414 g/mol. The Balaban J connectivity index is 1.40. The summed E-state index contributed by atoms with van der Waals surface area (Å²) >= 11 is 1.38. The summed E-state index contributed by atoms with van der Waals surface area (Å²) in [7, 11) is 0. The molecule has 0 aliphatic carbocycles. The van der Waals surface area contributed by atoms with E-state index < -0.39 is 0 Å². The Morgan fingerprint density at radius 2 is 1.74 bits per heavy atom. The normalized spacial score (nSPS) is 20.6. The van der Waals surface area contributed by atoms with Crippen molar-refractivity contribution in [3.8, 4) is 0 Å². The van der Waals surface area contributed by atoms with Crippen molar-refractivity contribution in [2.75, 3.05) is 57.4 Å². The van der Waals surface area contributed by atoms with Gasteiger partial charge in [0.25, 0.3) is 5.91 Å². The van der Waals surface area contributed by atoms with Gasteiger partial charge in [0.1, 0.15) is 4.83 Å². The lowest BCUT2D eigenvalue weighted by atomic mass is 9.94. The fraction of sp³-hybridized carbons (Fsp3) is 0.636. The summed E-state index contributed by atoms with van der Waals surface area (Å²) in [5.41, 5.74) is 2.56. The van der Waals surface area contributed by atoms with Crippen LogP contribution in [-0.4, -0.2) is 83.5 Å². The number of anilines is 1. The minimum absolute atomic E-state index is 0.0473. The molecule has 0 atom stereocenters. The van der Waals surface area contributed by atoms with Crippen LogP contribution < -0.4 is 4.90 Å². The summed E-state index contributed by atoms with van der Waals surface area (Å²) in [6.07, 6.45) is 5.46. The van der Waals surface area contributed by atoms with Crippen LogP contribution in [0.2, 0.25) is 0 Å². The predicted molar refractivity (Wildman–Crippen MR) is 120 cm³/mol. The first-order chi connectivity index (χ1) is 15.1. The molecule has 0 radical (unpaired) electrons. The average molecular weight is 444 g/mol. The third-order valence-corrected chi connectivity index (χ3v) is 7.60. The number of rotatable bonds is 3. The second kappa shape index (κ2) is 8.70. The molecule has 5 heterocycles. The lowest BCUT2D eigenvalue weighted by Gasteiger charge is -2.37. The minimum Gasteiger partial charge on any atom is -0.378 e.